The van der Waals surface area contributed by atoms with E-state index >= 15 is 0 Å². The molecule has 2 aromatic heterocycles. The zero-order valence-corrected chi connectivity index (χ0v) is 9.29. The van der Waals surface area contributed by atoms with Crippen LogP contribution in [0.15, 0.2) is 31.1 Å². The lowest BCUT2D eigenvalue weighted by Gasteiger charge is -1.96. The number of aryl methyl sites for hydroxylation is 2. The lowest BCUT2D eigenvalue weighted by atomic mass is 10.6. The number of aromatic nitrogens is 4. The van der Waals surface area contributed by atoms with Crippen molar-refractivity contribution in [1.82, 2.24) is 19.1 Å². The second kappa shape index (κ2) is 5.98. The molecular weight excluding hydrogens is 192 g/mol. The normalized spacial score (nSPS) is 9.53. The summed E-state index contributed by atoms with van der Waals surface area (Å²) in [6.45, 7) is 0.587. The molecule has 0 N–H and O–H groups in total. The Hall–Kier alpha value is -1.62. The Balaban J connectivity index is 0.000000162. The Morgan fingerprint density at radius 3 is 2.40 bits per heavy atom. The zero-order valence-electron chi connectivity index (χ0n) is 9.29. The Morgan fingerprint density at radius 2 is 2.07 bits per heavy atom. The van der Waals surface area contributed by atoms with E-state index in [9.17, 15) is 0 Å². The number of hydrogen-bond donors (Lipinski definition) is 0. The molecule has 0 amide bonds. The Labute approximate surface area is 89.3 Å². The predicted molar refractivity (Wildman–Crippen MR) is 57.1 cm³/mol. The first kappa shape index (κ1) is 11.5. The fraction of sp³-hybridized carbons (Fsp3) is 0.400. The first-order chi connectivity index (χ1) is 7.24. The molecule has 0 aliphatic carbocycles. The van der Waals surface area contributed by atoms with E-state index in [1.54, 1.807) is 25.8 Å². The summed E-state index contributed by atoms with van der Waals surface area (Å²) in [6.07, 6.45) is 9.04. The molecule has 5 heteroatoms. The van der Waals surface area contributed by atoms with E-state index in [-0.39, 0.29) is 0 Å². The molecule has 2 aromatic rings. The smallest absolute Gasteiger partial charge is 0.134 e. The second-order valence-corrected chi connectivity index (χ2v) is 3.12. The van der Waals surface area contributed by atoms with Gasteiger partial charge in [0.2, 0.25) is 0 Å². The van der Waals surface area contributed by atoms with Crippen molar-refractivity contribution >= 4 is 0 Å². The SMILES string of the molecule is COCc1nccn1C.Cn1ccnc1. The van der Waals surface area contributed by atoms with Crippen molar-refractivity contribution in [2.45, 2.75) is 6.61 Å². The molecule has 2 rings (SSSR count). The third kappa shape index (κ3) is 3.95. The van der Waals surface area contributed by atoms with Crippen LogP contribution in [0.5, 0.6) is 0 Å². The highest BCUT2D eigenvalue weighted by Crippen LogP contribution is 1.93. The highest BCUT2D eigenvalue weighted by molar-refractivity contribution is 4.88. The van der Waals surface area contributed by atoms with E-state index in [0.29, 0.717) is 6.61 Å². The zero-order chi connectivity index (χ0) is 11.1. The van der Waals surface area contributed by atoms with Gasteiger partial charge in [-0.1, -0.05) is 0 Å². The van der Waals surface area contributed by atoms with E-state index < -0.39 is 0 Å². The van der Waals surface area contributed by atoms with Crippen molar-refractivity contribution < 1.29 is 4.74 Å². The van der Waals surface area contributed by atoms with Crippen molar-refractivity contribution in [2.24, 2.45) is 14.1 Å². The van der Waals surface area contributed by atoms with Crippen LogP contribution in [0.3, 0.4) is 0 Å². The lowest BCUT2D eigenvalue weighted by molar-refractivity contribution is 0.175. The van der Waals surface area contributed by atoms with E-state index in [2.05, 4.69) is 9.97 Å². The predicted octanol–water partition coefficient (Wildman–Crippen LogP) is 0.987. The number of rotatable bonds is 2. The van der Waals surface area contributed by atoms with Gasteiger partial charge in [0.15, 0.2) is 0 Å². The molecule has 2 heterocycles. The monoisotopic (exact) mass is 208 g/mol. The summed E-state index contributed by atoms with van der Waals surface area (Å²) in [5.41, 5.74) is 0. The van der Waals surface area contributed by atoms with E-state index in [1.165, 1.54) is 0 Å². The summed E-state index contributed by atoms with van der Waals surface area (Å²) in [5, 5.41) is 0. The van der Waals surface area contributed by atoms with Crippen molar-refractivity contribution in [2.75, 3.05) is 7.11 Å². The van der Waals surface area contributed by atoms with Gasteiger partial charge in [0.05, 0.1) is 6.33 Å². The van der Waals surface area contributed by atoms with E-state index in [1.807, 2.05) is 35.6 Å². The third-order valence-corrected chi connectivity index (χ3v) is 1.83. The van der Waals surface area contributed by atoms with Crippen LogP contribution in [0.1, 0.15) is 5.82 Å². The summed E-state index contributed by atoms with van der Waals surface area (Å²) in [4.78, 5) is 7.83. The average molecular weight is 208 g/mol. The van der Waals surface area contributed by atoms with E-state index in [4.69, 9.17) is 4.74 Å². The quantitative estimate of drug-likeness (QED) is 0.739. The molecule has 0 fully saturated rings. The largest absolute Gasteiger partial charge is 0.377 e. The van der Waals surface area contributed by atoms with Crippen molar-refractivity contribution in [1.29, 1.82) is 0 Å². The Bertz CT molecular complexity index is 366. The first-order valence-corrected chi connectivity index (χ1v) is 4.61. The minimum Gasteiger partial charge on any atom is -0.377 e. The van der Waals surface area contributed by atoms with Gasteiger partial charge in [-0.2, -0.15) is 0 Å². The molecule has 0 unspecified atom stereocenters. The molecule has 15 heavy (non-hydrogen) atoms. The second-order valence-electron chi connectivity index (χ2n) is 3.12. The van der Waals surface area contributed by atoms with Crippen LogP contribution in [0.4, 0.5) is 0 Å². The molecule has 5 nitrogen and oxygen atoms in total. The fourth-order valence-corrected chi connectivity index (χ4v) is 0.990. The molecule has 82 valence electrons. The van der Waals surface area contributed by atoms with Gasteiger partial charge in [-0.15, -0.1) is 0 Å². The van der Waals surface area contributed by atoms with Crippen LogP contribution in [0.2, 0.25) is 0 Å². The number of methoxy groups -OCH3 is 1. The number of ether oxygens (including phenoxy) is 1. The molecule has 0 atom stereocenters. The van der Waals surface area contributed by atoms with E-state index in [0.717, 1.165) is 5.82 Å². The summed E-state index contributed by atoms with van der Waals surface area (Å²) in [5.74, 6) is 0.956. The van der Waals surface area contributed by atoms with Gasteiger partial charge in [-0.25, -0.2) is 9.97 Å². The first-order valence-electron chi connectivity index (χ1n) is 4.61. The highest BCUT2D eigenvalue weighted by Gasteiger charge is 1.94. The molecule has 0 aliphatic heterocycles. The molecule has 0 saturated carbocycles. The molecule has 0 radical (unpaired) electrons. The van der Waals surface area contributed by atoms with Crippen LogP contribution in [0.25, 0.3) is 0 Å². The van der Waals surface area contributed by atoms with Crippen LogP contribution in [0, 0.1) is 0 Å². The summed E-state index contributed by atoms with van der Waals surface area (Å²) < 4.78 is 8.71. The highest BCUT2D eigenvalue weighted by atomic mass is 16.5. The standard InChI is InChI=1S/C6H10N2O.C4H6N2/c1-8-4-3-7-6(8)5-9-2;1-6-3-2-5-4-6/h3-4H,5H2,1-2H3;2-4H,1H3. The number of imidazole rings is 2. The lowest BCUT2D eigenvalue weighted by Crippen LogP contribution is -1.97. The summed E-state index contributed by atoms with van der Waals surface area (Å²) in [7, 11) is 5.54. The van der Waals surface area contributed by atoms with Gasteiger partial charge in [0.25, 0.3) is 0 Å². The van der Waals surface area contributed by atoms with Crippen LogP contribution >= 0.6 is 0 Å². The van der Waals surface area contributed by atoms with Gasteiger partial charge in [-0.05, 0) is 0 Å². The maximum Gasteiger partial charge on any atom is 0.134 e. The van der Waals surface area contributed by atoms with Crippen molar-refractivity contribution in [3.05, 3.63) is 36.9 Å². The maximum absolute atomic E-state index is 4.88. The van der Waals surface area contributed by atoms with Gasteiger partial charge < -0.3 is 13.9 Å². The minimum absolute atomic E-state index is 0.587. The van der Waals surface area contributed by atoms with Gasteiger partial charge in [0, 0.05) is 46.0 Å². The van der Waals surface area contributed by atoms with Crippen molar-refractivity contribution in [3.63, 3.8) is 0 Å². The third-order valence-electron chi connectivity index (χ3n) is 1.83. The summed E-state index contributed by atoms with van der Waals surface area (Å²) in [6, 6.07) is 0. The Kier molecular flexibility index (Phi) is 4.56. The van der Waals surface area contributed by atoms with Crippen LogP contribution in [-0.2, 0) is 25.4 Å². The molecular formula is C10H16N4O. The molecule has 0 spiro atoms. The van der Waals surface area contributed by atoms with Gasteiger partial charge in [0.1, 0.15) is 12.4 Å². The maximum atomic E-state index is 4.88. The topological polar surface area (TPSA) is 44.9 Å². The minimum atomic E-state index is 0.587. The van der Waals surface area contributed by atoms with Gasteiger partial charge in [-0.3, -0.25) is 0 Å². The number of nitrogens with zero attached hydrogens (tertiary/aromatic N) is 4. The van der Waals surface area contributed by atoms with Crippen LogP contribution in [-0.4, -0.2) is 26.2 Å². The molecule has 0 aromatic carbocycles. The Morgan fingerprint density at radius 1 is 1.27 bits per heavy atom. The molecule has 0 aliphatic rings. The fourth-order valence-electron chi connectivity index (χ4n) is 0.990. The van der Waals surface area contributed by atoms with Gasteiger partial charge >= 0.3 is 0 Å². The summed E-state index contributed by atoms with van der Waals surface area (Å²) >= 11 is 0. The van der Waals surface area contributed by atoms with Crippen molar-refractivity contribution in [3.8, 4) is 0 Å². The molecule has 0 bridgehead atoms. The average Bonchev–Trinajstić information content (AvgIpc) is 2.81. The van der Waals surface area contributed by atoms with Crippen LogP contribution < -0.4 is 0 Å². The number of hydrogen-bond acceptors (Lipinski definition) is 3. The molecule has 0 saturated heterocycles.